The number of ether oxygens (including phenoxy) is 1. The van der Waals surface area contributed by atoms with E-state index in [0.29, 0.717) is 6.61 Å². The van der Waals surface area contributed by atoms with Crippen molar-refractivity contribution in [3.05, 3.63) is 29.3 Å². The summed E-state index contributed by atoms with van der Waals surface area (Å²) >= 11 is 0. The van der Waals surface area contributed by atoms with Crippen molar-refractivity contribution in [2.75, 3.05) is 32.8 Å². The van der Waals surface area contributed by atoms with Gasteiger partial charge >= 0.3 is 0 Å². The summed E-state index contributed by atoms with van der Waals surface area (Å²) in [5.41, 5.74) is 1.87. The van der Waals surface area contributed by atoms with Gasteiger partial charge in [-0.2, -0.15) is 0 Å². The van der Waals surface area contributed by atoms with Gasteiger partial charge in [-0.25, -0.2) is 0 Å². The van der Waals surface area contributed by atoms with Crippen LogP contribution in [0, 0.1) is 0 Å². The van der Waals surface area contributed by atoms with Crippen LogP contribution >= 0.6 is 12.4 Å². The van der Waals surface area contributed by atoms with Gasteiger partial charge < -0.3 is 10.1 Å². The lowest BCUT2D eigenvalue weighted by Crippen LogP contribution is -2.28. The third kappa shape index (κ3) is 5.30. The Kier molecular flexibility index (Phi) is 7.72. The Hall–Kier alpha value is -1.10. The lowest BCUT2D eigenvalue weighted by atomic mass is 10.1. The van der Waals surface area contributed by atoms with Crippen LogP contribution in [0.4, 0.5) is 0 Å². The quantitative estimate of drug-likeness (QED) is 0.848. The summed E-state index contributed by atoms with van der Waals surface area (Å²) < 4.78 is 5.69. The number of rotatable bonds is 5. The number of ketones is 1. The highest BCUT2D eigenvalue weighted by molar-refractivity contribution is 5.94. The van der Waals surface area contributed by atoms with Gasteiger partial charge in [-0.3, -0.25) is 9.69 Å². The van der Waals surface area contributed by atoms with Gasteiger partial charge in [0.1, 0.15) is 5.75 Å². The van der Waals surface area contributed by atoms with Gasteiger partial charge in [0.25, 0.3) is 0 Å². The molecule has 1 fully saturated rings. The van der Waals surface area contributed by atoms with Crippen molar-refractivity contribution in [2.24, 2.45) is 0 Å². The number of carbonyl (C=O) groups is 1. The molecule has 0 spiro atoms. The summed E-state index contributed by atoms with van der Waals surface area (Å²) in [4.78, 5) is 14.0. The van der Waals surface area contributed by atoms with Crippen LogP contribution in [0.15, 0.2) is 18.2 Å². The van der Waals surface area contributed by atoms with Crippen molar-refractivity contribution in [3.63, 3.8) is 0 Å². The number of halogens is 1. The molecular formula is C16H25ClN2O2. The summed E-state index contributed by atoms with van der Waals surface area (Å²) in [6, 6.07) is 5.75. The third-order valence-electron chi connectivity index (χ3n) is 3.59. The SMILES string of the molecule is CCOc1ccc(C(C)=O)cc1CN1CCCNCC1.Cl. The van der Waals surface area contributed by atoms with Gasteiger partial charge in [0.05, 0.1) is 6.61 Å². The number of hydrogen-bond donors (Lipinski definition) is 1. The number of hydrogen-bond acceptors (Lipinski definition) is 4. The summed E-state index contributed by atoms with van der Waals surface area (Å²) in [5.74, 6) is 1.00. The Morgan fingerprint density at radius 3 is 2.86 bits per heavy atom. The number of nitrogens with zero attached hydrogens (tertiary/aromatic N) is 1. The normalized spacial score (nSPS) is 15.9. The van der Waals surface area contributed by atoms with Crippen molar-refractivity contribution in [2.45, 2.75) is 26.8 Å². The third-order valence-corrected chi connectivity index (χ3v) is 3.59. The molecule has 1 heterocycles. The molecule has 21 heavy (non-hydrogen) atoms. The van der Waals surface area contributed by atoms with Gasteiger partial charge in [-0.05, 0) is 51.6 Å². The topological polar surface area (TPSA) is 41.6 Å². The van der Waals surface area contributed by atoms with E-state index in [1.165, 1.54) is 0 Å². The van der Waals surface area contributed by atoms with E-state index < -0.39 is 0 Å². The first-order chi connectivity index (χ1) is 9.70. The Morgan fingerprint density at radius 2 is 2.14 bits per heavy atom. The van der Waals surface area contributed by atoms with Crippen molar-refractivity contribution < 1.29 is 9.53 Å². The molecule has 1 aromatic carbocycles. The molecule has 0 aromatic heterocycles. The Morgan fingerprint density at radius 1 is 1.33 bits per heavy atom. The molecule has 1 N–H and O–H groups in total. The second-order valence-corrected chi connectivity index (χ2v) is 5.19. The minimum absolute atomic E-state index is 0. The molecule has 0 amide bonds. The Balaban J connectivity index is 0.00000220. The van der Waals surface area contributed by atoms with E-state index in [-0.39, 0.29) is 18.2 Å². The van der Waals surface area contributed by atoms with E-state index in [9.17, 15) is 4.79 Å². The molecule has 0 aliphatic carbocycles. The van der Waals surface area contributed by atoms with Crippen LogP contribution in [0.3, 0.4) is 0 Å². The van der Waals surface area contributed by atoms with Gasteiger partial charge in [0.2, 0.25) is 0 Å². The minimum Gasteiger partial charge on any atom is -0.494 e. The summed E-state index contributed by atoms with van der Waals surface area (Å²) in [6.45, 7) is 9.32. The molecule has 118 valence electrons. The molecule has 5 heteroatoms. The lowest BCUT2D eigenvalue weighted by molar-refractivity contribution is 0.101. The highest BCUT2D eigenvalue weighted by Crippen LogP contribution is 2.22. The first-order valence-corrected chi connectivity index (χ1v) is 7.40. The molecule has 1 aliphatic rings. The molecule has 0 atom stereocenters. The number of benzene rings is 1. The van der Waals surface area contributed by atoms with Crippen molar-refractivity contribution >= 4 is 18.2 Å². The smallest absolute Gasteiger partial charge is 0.159 e. The zero-order valence-corrected chi connectivity index (χ0v) is 13.7. The maximum Gasteiger partial charge on any atom is 0.159 e. The first kappa shape index (κ1) is 18.0. The van der Waals surface area contributed by atoms with Gasteiger partial charge in [-0.15, -0.1) is 12.4 Å². The first-order valence-electron chi connectivity index (χ1n) is 7.40. The van der Waals surface area contributed by atoms with Crippen molar-refractivity contribution in [1.82, 2.24) is 10.2 Å². The maximum absolute atomic E-state index is 11.5. The molecule has 4 nitrogen and oxygen atoms in total. The summed E-state index contributed by atoms with van der Waals surface area (Å²) in [7, 11) is 0. The standard InChI is InChI=1S/C16H24N2O2.ClH/c1-3-20-16-6-5-14(13(2)19)11-15(16)12-18-9-4-7-17-8-10-18;/h5-6,11,17H,3-4,7-10,12H2,1-2H3;1H. The molecule has 1 saturated heterocycles. The van der Waals surface area contributed by atoms with Crippen LogP contribution in [0.5, 0.6) is 5.75 Å². The molecule has 1 aliphatic heterocycles. The fourth-order valence-electron chi connectivity index (χ4n) is 2.52. The Labute approximate surface area is 133 Å². The molecular weight excluding hydrogens is 288 g/mol. The summed E-state index contributed by atoms with van der Waals surface area (Å²) in [5, 5.41) is 3.41. The van der Waals surface area contributed by atoms with Gasteiger partial charge in [0, 0.05) is 30.8 Å². The van der Waals surface area contributed by atoms with E-state index in [4.69, 9.17) is 4.74 Å². The van der Waals surface area contributed by atoms with E-state index in [1.54, 1.807) is 6.92 Å². The second-order valence-electron chi connectivity index (χ2n) is 5.19. The fourth-order valence-corrected chi connectivity index (χ4v) is 2.52. The molecule has 0 bridgehead atoms. The number of carbonyl (C=O) groups excluding carboxylic acids is 1. The number of Topliss-reactive ketones (excluding diaryl/α,β-unsaturated/α-hetero) is 1. The van der Waals surface area contributed by atoms with Crippen LogP contribution in [0.2, 0.25) is 0 Å². The zero-order chi connectivity index (χ0) is 14.4. The van der Waals surface area contributed by atoms with Crippen LogP contribution < -0.4 is 10.1 Å². The fraction of sp³-hybridized carbons (Fsp3) is 0.562. The van der Waals surface area contributed by atoms with Gasteiger partial charge in [-0.1, -0.05) is 0 Å². The van der Waals surface area contributed by atoms with Gasteiger partial charge in [0.15, 0.2) is 5.78 Å². The predicted molar refractivity (Wildman–Crippen MR) is 87.6 cm³/mol. The lowest BCUT2D eigenvalue weighted by Gasteiger charge is -2.21. The average molecular weight is 313 g/mol. The minimum atomic E-state index is 0. The molecule has 0 unspecified atom stereocenters. The molecule has 0 radical (unpaired) electrons. The molecule has 0 saturated carbocycles. The van der Waals surface area contributed by atoms with E-state index in [0.717, 1.165) is 56.0 Å². The largest absolute Gasteiger partial charge is 0.494 e. The highest BCUT2D eigenvalue weighted by atomic mass is 35.5. The number of nitrogens with one attached hydrogen (secondary N) is 1. The van der Waals surface area contributed by atoms with E-state index in [1.807, 2.05) is 25.1 Å². The van der Waals surface area contributed by atoms with Crippen molar-refractivity contribution in [3.8, 4) is 5.75 Å². The maximum atomic E-state index is 11.5. The summed E-state index contributed by atoms with van der Waals surface area (Å²) in [6.07, 6.45) is 1.16. The van der Waals surface area contributed by atoms with Crippen LogP contribution in [-0.4, -0.2) is 43.5 Å². The second kappa shape index (κ2) is 9.03. The Bertz CT molecular complexity index is 458. The highest BCUT2D eigenvalue weighted by Gasteiger charge is 2.13. The zero-order valence-electron chi connectivity index (χ0n) is 12.9. The molecule has 2 rings (SSSR count). The van der Waals surface area contributed by atoms with Crippen LogP contribution in [0.1, 0.15) is 36.2 Å². The average Bonchev–Trinajstić information content (AvgIpc) is 2.69. The monoisotopic (exact) mass is 312 g/mol. The van der Waals surface area contributed by atoms with E-state index in [2.05, 4.69) is 10.2 Å². The van der Waals surface area contributed by atoms with E-state index >= 15 is 0 Å². The van der Waals surface area contributed by atoms with Crippen molar-refractivity contribution in [1.29, 1.82) is 0 Å². The molecule has 1 aromatic rings. The predicted octanol–water partition coefficient (Wildman–Crippen LogP) is 2.51. The van der Waals surface area contributed by atoms with Crippen LogP contribution in [0.25, 0.3) is 0 Å². The van der Waals surface area contributed by atoms with Crippen LogP contribution in [-0.2, 0) is 6.54 Å².